The lowest BCUT2D eigenvalue weighted by atomic mass is 9.98. The molecule has 0 amide bonds. The van der Waals surface area contributed by atoms with E-state index < -0.39 is 0 Å². The van der Waals surface area contributed by atoms with Gasteiger partial charge in [0.25, 0.3) is 0 Å². The van der Waals surface area contributed by atoms with Crippen LogP contribution < -0.4 is 0 Å². The van der Waals surface area contributed by atoms with Gasteiger partial charge in [0, 0.05) is 23.4 Å². The van der Waals surface area contributed by atoms with Crippen LogP contribution in [0.25, 0.3) is 0 Å². The molecule has 0 bridgehead atoms. The van der Waals surface area contributed by atoms with Crippen LogP contribution in [-0.2, 0) is 0 Å². The van der Waals surface area contributed by atoms with Crippen LogP contribution in [0.3, 0.4) is 0 Å². The standard InChI is InChI=1S/C11H13BrFN/c1-6(2)9-10(13)8(12)5-14-11(9)7-3-4-7/h5-7H,3-4H2,1-2H3. The van der Waals surface area contributed by atoms with Crippen molar-refractivity contribution in [2.75, 3.05) is 0 Å². The summed E-state index contributed by atoms with van der Waals surface area (Å²) in [5, 5.41) is 0. The molecular formula is C11H13BrFN. The van der Waals surface area contributed by atoms with E-state index in [0.717, 1.165) is 24.1 Å². The molecule has 1 heterocycles. The van der Waals surface area contributed by atoms with Crippen molar-refractivity contribution >= 4 is 15.9 Å². The van der Waals surface area contributed by atoms with Crippen molar-refractivity contribution in [3.05, 3.63) is 27.7 Å². The molecule has 1 aliphatic rings. The minimum absolute atomic E-state index is 0.128. The average molecular weight is 258 g/mol. The molecule has 0 aromatic carbocycles. The van der Waals surface area contributed by atoms with Crippen molar-refractivity contribution in [2.45, 2.75) is 38.5 Å². The highest BCUT2D eigenvalue weighted by molar-refractivity contribution is 9.10. The molecule has 1 aliphatic carbocycles. The summed E-state index contributed by atoms with van der Waals surface area (Å²) < 4.78 is 14.3. The number of nitrogens with zero attached hydrogens (tertiary/aromatic N) is 1. The Kier molecular flexibility index (Phi) is 2.60. The molecule has 1 saturated carbocycles. The molecule has 0 radical (unpaired) electrons. The smallest absolute Gasteiger partial charge is 0.144 e. The maximum Gasteiger partial charge on any atom is 0.144 e. The molecule has 0 spiro atoms. The molecule has 14 heavy (non-hydrogen) atoms. The van der Waals surface area contributed by atoms with E-state index >= 15 is 0 Å². The van der Waals surface area contributed by atoms with E-state index in [1.54, 1.807) is 6.20 Å². The van der Waals surface area contributed by atoms with Crippen molar-refractivity contribution in [3.8, 4) is 0 Å². The van der Waals surface area contributed by atoms with Gasteiger partial charge in [-0.15, -0.1) is 0 Å². The van der Waals surface area contributed by atoms with Crippen molar-refractivity contribution in [1.29, 1.82) is 0 Å². The summed E-state index contributed by atoms with van der Waals surface area (Å²) in [6, 6.07) is 0. The zero-order valence-corrected chi connectivity index (χ0v) is 9.94. The summed E-state index contributed by atoms with van der Waals surface area (Å²) >= 11 is 3.18. The summed E-state index contributed by atoms with van der Waals surface area (Å²) in [5.41, 5.74) is 1.77. The Balaban J connectivity index is 2.53. The summed E-state index contributed by atoms with van der Waals surface area (Å²) in [4.78, 5) is 4.34. The van der Waals surface area contributed by atoms with Crippen molar-refractivity contribution < 1.29 is 4.39 Å². The highest BCUT2D eigenvalue weighted by atomic mass is 79.9. The monoisotopic (exact) mass is 257 g/mol. The molecule has 0 N–H and O–H groups in total. The SMILES string of the molecule is CC(C)c1c(C2CC2)ncc(Br)c1F. The first-order valence-corrected chi connectivity index (χ1v) is 5.74. The van der Waals surface area contributed by atoms with E-state index in [9.17, 15) is 4.39 Å². The lowest BCUT2D eigenvalue weighted by Crippen LogP contribution is -2.03. The van der Waals surface area contributed by atoms with Gasteiger partial charge >= 0.3 is 0 Å². The zero-order valence-electron chi connectivity index (χ0n) is 8.35. The Labute approximate surface area is 91.9 Å². The fourth-order valence-corrected chi connectivity index (χ4v) is 2.04. The number of hydrogen-bond donors (Lipinski definition) is 0. The Morgan fingerprint density at radius 1 is 1.50 bits per heavy atom. The van der Waals surface area contributed by atoms with E-state index in [4.69, 9.17) is 0 Å². The van der Waals surface area contributed by atoms with Crippen LogP contribution in [0.4, 0.5) is 4.39 Å². The van der Waals surface area contributed by atoms with Crippen LogP contribution in [0.2, 0.25) is 0 Å². The van der Waals surface area contributed by atoms with Gasteiger partial charge in [0.1, 0.15) is 5.82 Å². The van der Waals surface area contributed by atoms with Crippen LogP contribution in [0.1, 0.15) is 49.8 Å². The van der Waals surface area contributed by atoms with Crippen molar-refractivity contribution in [3.63, 3.8) is 0 Å². The predicted octanol–water partition coefficient (Wildman–Crippen LogP) is 3.98. The molecule has 0 atom stereocenters. The van der Waals surface area contributed by atoms with Gasteiger partial charge in [-0.3, -0.25) is 4.98 Å². The van der Waals surface area contributed by atoms with Gasteiger partial charge in [0.2, 0.25) is 0 Å². The fourth-order valence-electron chi connectivity index (χ4n) is 1.72. The first kappa shape index (κ1) is 10.1. The molecule has 0 aliphatic heterocycles. The number of pyridine rings is 1. The third kappa shape index (κ3) is 1.70. The third-order valence-corrected chi connectivity index (χ3v) is 3.13. The second-order valence-electron chi connectivity index (χ2n) is 4.15. The van der Waals surface area contributed by atoms with Crippen molar-refractivity contribution in [2.24, 2.45) is 0 Å². The Bertz CT molecular complexity index is 359. The Morgan fingerprint density at radius 3 is 2.64 bits per heavy atom. The summed E-state index contributed by atoms with van der Waals surface area (Å²) in [6.45, 7) is 4.02. The van der Waals surface area contributed by atoms with Gasteiger partial charge in [0.15, 0.2) is 0 Å². The van der Waals surface area contributed by atoms with E-state index in [-0.39, 0.29) is 11.7 Å². The normalized spacial score (nSPS) is 16.4. The summed E-state index contributed by atoms with van der Waals surface area (Å²) in [5.74, 6) is 0.586. The maximum atomic E-state index is 13.8. The quantitative estimate of drug-likeness (QED) is 0.781. The number of hydrogen-bond acceptors (Lipinski definition) is 1. The van der Waals surface area contributed by atoms with Gasteiger partial charge in [-0.2, -0.15) is 0 Å². The molecule has 3 heteroatoms. The van der Waals surface area contributed by atoms with Crippen LogP contribution in [-0.4, -0.2) is 4.98 Å². The number of aromatic nitrogens is 1. The maximum absolute atomic E-state index is 13.8. The topological polar surface area (TPSA) is 12.9 Å². The highest BCUT2D eigenvalue weighted by Gasteiger charge is 2.30. The van der Waals surface area contributed by atoms with Crippen LogP contribution >= 0.6 is 15.9 Å². The second kappa shape index (κ2) is 3.61. The van der Waals surface area contributed by atoms with Gasteiger partial charge in [-0.1, -0.05) is 13.8 Å². The molecule has 76 valence electrons. The Morgan fingerprint density at radius 2 is 2.14 bits per heavy atom. The van der Waals surface area contributed by atoms with E-state index in [1.807, 2.05) is 13.8 Å². The molecule has 2 rings (SSSR count). The van der Waals surface area contributed by atoms with Crippen LogP contribution in [0.5, 0.6) is 0 Å². The molecule has 0 unspecified atom stereocenters. The van der Waals surface area contributed by atoms with Crippen LogP contribution in [0.15, 0.2) is 10.7 Å². The Hall–Kier alpha value is -0.440. The minimum atomic E-state index is -0.128. The first-order valence-electron chi connectivity index (χ1n) is 4.95. The van der Waals surface area contributed by atoms with Gasteiger partial charge in [-0.25, -0.2) is 4.39 Å². The van der Waals surface area contributed by atoms with E-state index in [2.05, 4.69) is 20.9 Å². The number of rotatable bonds is 2. The van der Waals surface area contributed by atoms with Gasteiger partial charge in [-0.05, 0) is 34.7 Å². The highest BCUT2D eigenvalue weighted by Crippen LogP contribution is 2.43. The summed E-state index contributed by atoms with van der Waals surface area (Å²) in [7, 11) is 0. The first-order chi connectivity index (χ1) is 6.61. The van der Waals surface area contributed by atoms with Crippen molar-refractivity contribution in [1.82, 2.24) is 4.98 Å². The van der Waals surface area contributed by atoms with Crippen LogP contribution in [0, 0.1) is 5.82 Å². The fraction of sp³-hybridized carbons (Fsp3) is 0.545. The molecule has 1 fully saturated rings. The molecule has 1 aromatic heterocycles. The lowest BCUT2D eigenvalue weighted by Gasteiger charge is -2.13. The third-order valence-electron chi connectivity index (χ3n) is 2.58. The van der Waals surface area contributed by atoms with Gasteiger partial charge < -0.3 is 0 Å². The largest absolute Gasteiger partial charge is 0.259 e. The average Bonchev–Trinajstić information content (AvgIpc) is 2.91. The number of halogens is 2. The molecule has 0 saturated heterocycles. The molecule has 1 aromatic rings. The summed E-state index contributed by atoms with van der Waals surface area (Å²) in [6.07, 6.45) is 3.90. The van der Waals surface area contributed by atoms with E-state index in [0.29, 0.717) is 10.4 Å². The van der Waals surface area contributed by atoms with Gasteiger partial charge in [0.05, 0.1) is 4.47 Å². The molecular weight excluding hydrogens is 245 g/mol. The lowest BCUT2D eigenvalue weighted by molar-refractivity contribution is 0.581. The minimum Gasteiger partial charge on any atom is -0.259 e. The predicted molar refractivity (Wildman–Crippen MR) is 58.0 cm³/mol. The van der Waals surface area contributed by atoms with E-state index in [1.165, 1.54) is 0 Å². The molecule has 1 nitrogen and oxygen atoms in total. The zero-order chi connectivity index (χ0) is 10.3. The second-order valence-corrected chi connectivity index (χ2v) is 5.00.